The summed E-state index contributed by atoms with van der Waals surface area (Å²) in [7, 11) is 0. The Kier molecular flexibility index (Phi) is 3.78. The highest BCUT2D eigenvalue weighted by Crippen LogP contribution is 2.34. The van der Waals surface area contributed by atoms with Crippen LogP contribution in [0.2, 0.25) is 0 Å². The summed E-state index contributed by atoms with van der Waals surface area (Å²) < 4.78 is 5.45. The van der Waals surface area contributed by atoms with Gasteiger partial charge in [0.25, 0.3) is 0 Å². The van der Waals surface area contributed by atoms with Crippen LogP contribution >= 0.6 is 0 Å². The van der Waals surface area contributed by atoms with E-state index in [1.54, 1.807) is 0 Å². The molecule has 1 N–H and O–H groups in total. The first kappa shape index (κ1) is 13.3. The van der Waals surface area contributed by atoms with Crippen molar-refractivity contribution in [2.24, 2.45) is 11.8 Å². The number of likely N-dealkylation sites (N-methyl/N-ethyl adjacent to an activating group) is 1. The van der Waals surface area contributed by atoms with Gasteiger partial charge in [-0.25, -0.2) is 0 Å². The van der Waals surface area contributed by atoms with E-state index >= 15 is 0 Å². The second-order valence-corrected chi connectivity index (χ2v) is 6.09. The molecule has 0 spiro atoms. The Bertz CT molecular complexity index is 350. The molecule has 0 radical (unpaired) electrons. The number of piperidine rings is 1. The lowest BCUT2D eigenvalue weighted by Gasteiger charge is -2.42. The third-order valence-corrected chi connectivity index (χ3v) is 5.18. The van der Waals surface area contributed by atoms with Crippen molar-refractivity contribution in [3.05, 3.63) is 0 Å². The van der Waals surface area contributed by atoms with Crippen LogP contribution in [0.1, 0.15) is 19.8 Å². The zero-order chi connectivity index (χ0) is 13.4. The van der Waals surface area contributed by atoms with Gasteiger partial charge in [-0.15, -0.1) is 0 Å². The first-order chi connectivity index (χ1) is 9.20. The Morgan fingerprint density at radius 3 is 2.84 bits per heavy atom. The quantitative estimate of drug-likeness (QED) is 0.805. The maximum Gasteiger partial charge on any atom is 0.310 e. The second-order valence-electron chi connectivity index (χ2n) is 6.09. The molecule has 3 rings (SSSR count). The lowest BCUT2D eigenvalue weighted by Crippen LogP contribution is -2.53. The Morgan fingerprint density at radius 1 is 1.32 bits per heavy atom. The third kappa shape index (κ3) is 2.39. The molecule has 0 saturated carbocycles. The molecule has 19 heavy (non-hydrogen) atoms. The molecule has 0 aliphatic carbocycles. The summed E-state index contributed by atoms with van der Waals surface area (Å²) >= 11 is 0. The molecule has 0 aromatic heterocycles. The van der Waals surface area contributed by atoms with Crippen molar-refractivity contribution in [2.75, 3.05) is 39.4 Å². The molecule has 2 bridgehead atoms. The van der Waals surface area contributed by atoms with Crippen LogP contribution < -0.4 is 0 Å². The van der Waals surface area contributed by atoms with E-state index in [1.807, 2.05) is 0 Å². The first-order valence-corrected chi connectivity index (χ1v) is 7.49. The SMILES string of the molecule is CCN(C1CCN2CCC1C2)C1COCC1C(=O)O. The molecule has 0 aromatic carbocycles. The van der Waals surface area contributed by atoms with Crippen molar-refractivity contribution in [1.82, 2.24) is 9.80 Å². The minimum atomic E-state index is -0.704. The monoisotopic (exact) mass is 268 g/mol. The topological polar surface area (TPSA) is 53.0 Å². The summed E-state index contributed by atoms with van der Waals surface area (Å²) in [6.45, 7) is 7.63. The Labute approximate surface area is 114 Å². The van der Waals surface area contributed by atoms with Gasteiger partial charge in [0.1, 0.15) is 0 Å². The average molecular weight is 268 g/mol. The fourth-order valence-electron chi connectivity index (χ4n) is 4.19. The highest BCUT2D eigenvalue weighted by atomic mass is 16.5. The summed E-state index contributed by atoms with van der Waals surface area (Å²) in [6.07, 6.45) is 2.45. The van der Waals surface area contributed by atoms with E-state index < -0.39 is 5.97 Å². The fraction of sp³-hybridized carbons (Fsp3) is 0.929. The minimum Gasteiger partial charge on any atom is -0.481 e. The number of carboxylic acids is 1. The van der Waals surface area contributed by atoms with Gasteiger partial charge in [-0.05, 0) is 38.4 Å². The van der Waals surface area contributed by atoms with Crippen molar-refractivity contribution in [1.29, 1.82) is 0 Å². The summed E-state index contributed by atoms with van der Waals surface area (Å²) in [4.78, 5) is 16.3. The van der Waals surface area contributed by atoms with Crippen molar-refractivity contribution >= 4 is 5.97 Å². The van der Waals surface area contributed by atoms with Gasteiger partial charge in [-0.3, -0.25) is 9.69 Å². The molecule has 3 fully saturated rings. The van der Waals surface area contributed by atoms with Crippen LogP contribution in [-0.2, 0) is 9.53 Å². The number of carboxylic acid groups (broad SMARTS) is 1. The van der Waals surface area contributed by atoms with E-state index in [2.05, 4.69) is 16.7 Å². The predicted molar refractivity (Wildman–Crippen MR) is 71.1 cm³/mol. The summed E-state index contributed by atoms with van der Waals surface area (Å²) in [6, 6.07) is 0.622. The number of aliphatic carboxylic acids is 1. The second kappa shape index (κ2) is 5.38. The van der Waals surface area contributed by atoms with Crippen LogP contribution in [-0.4, -0.2) is 72.4 Å². The van der Waals surface area contributed by atoms with Gasteiger partial charge in [0.15, 0.2) is 0 Å². The third-order valence-electron chi connectivity index (χ3n) is 5.18. The molecule has 0 aromatic rings. The smallest absolute Gasteiger partial charge is 0.310 e. The van der Waals surface area contributed by atoms with E-state index in [-0.39, 0.29) is 12.0 Å². The molecule has 108 valence electrons. The number of ether oxygens (including phenoxy) is 1. The van der Waals surface area contributed by atoms with E-state index in [0.29, 0.717) is 19.3 Å². The molecule has 5 atom stereocenters. The van der Waals surface area contributed by atoms with E-state index in [0.717, 1.165) is 12.5 Å². The molecule has 3 saturated heterocycles. The zero-order valence-corrected chi connectivity index (χ0v) is 11.6. The van der Waals surface area contributed by atoms with Crippen LogP contribution in [0.5, 0.6) is 0 Å². The minimum absolute atomic E-state index is 0.0691. The molecule has 5 nitrogen and oxygen atoms in total. The number of hydrogen-bond acceptors (Lipinski definition) is 4. The number of carbonyl (C=O) groups is 1. The Balaban J connectivity index is 1.74. The van der Waals surface area contributed by atoms with Gasteiger partial charge in [0.2, 0.25) is 0 Å². The standard InChI is InChI=1S/C14H24N2O3/c1-2-16(13-9-19-8-11(13)14(17)18)12-4-6-15-5-3-10(12)7-15/h10-13H,2-9H2,1H3,(H,17,18). The van der Waals surface area contributed by atoms with Crippen molar-refractivity contribution in [3.63, 3.8) is 0 Å². The van der Waals surface area contributed by atoms with Gasteiger partial charge in [-0.2, -0.15) is 0 Å². The average Bonchev–Trinajstić information content (AvgIpc) is 3.00. The first-order valence-electron chi connectivity index (χ1n) is 7.49. The molecule has 5 unspecified atom stereocenters. The highest BCUT2D eigenvalue weighted by molar-refractivity contribution is 5.71. The Hall–Kier alpha value is -0.650. The van der Waals surface area contributed by atoms with Gasteiger partial charge in [0, 0.05) is 18.6 Å². The van der Waals surface area contributed by atoms with Crippen LogP contribution in [0.4, 0.5) is 0 Å². The predicted octanol–water partition coefficient (Wildman–Crippen LogP) is 0.502. The largest absolute Gasteiger partial charge is 0.481 e. The van der Waals surface area contributed by atoms with E-state index in [4.69, 9.17) is 4.74 Å². The van der Waals surface area contributed by atoms with Crippen molar-refractivity contribution in [2.45, 2.75) is 31.8 Å². The van der Waals surface area contributed by atoms with Crippen molar-refractivity contribution < 1.29 is 14.6 Å². The maximum absolute atomic E-state index is 11.4. The number of nitrogens with zero attached hydrogens (tertiary/aromatic N) is 2. The molecule has 3 aliphatic heterocycles. The lowest BCUT2D eigenvalue weighted by molar-refractivity contribution is -0.143. The molecule has 0 amide bonds. The summed E-state index contributed by atoms with van der Waals surface area (Å²) in [5.41, 5.74) is 0. The number of fused-ring (bicyclic) bond motifs is 2. The fourth-order valence-corrected chi connectivity index (χ4v) is 4.19. The molecular weight excluding hydrogens is 244 g/mol. The van der Waals surface area contributed by atoms with Gasteiger partial charge >= 0.3 is 5.97 Å². The van der Waals surface area contributed by atoms with E-state index in [9.17, 15) is 9.90 Å². The summed E-state index contributed by atoms with van der Waals surface area (Å²) in [5.74, 6) is -0.326. The van der Waals surface area contributed by atoms with Crippen LogP contribution in [0, 0.1) is 11.8 Å². The molecular formula is C14H24N2O3. The molecule has 3 aliphatic rings. The normalized spacial score (nSPS) is 41.9. The number of rotatable bonds is 4. The molecule has 5 heteroatoms. The zero-order valence-electron chi connectivity index (χ0n) is 11.6. The lowest BCUT2D eigenvalue weighted by atomic mass is 9.89. The maximum atomic E-state index is 11.4. The highest BCUT2D eigenvalue weighted by Gasteiger charge is 2.44. The van der Waals surface area contributed by atoms with Crippen LogP contribution in [0.25, 0.3) is 0 Å². The summed E-state index contributed by atoms with van der Waals surface area (Å²) in [5, 5.41) is 9.34. The van der Waals surface area contributed by atoms with Crippen molar-refractivity contribution in [3.8, 4) is 0 Å². The van der Waals surface area contributed by atoms with Gasteiger partial charge in [-0.1, -0.05) is 6.92 Å². The van der Waals surface area contributed by atoms with Crippen LogP contribution in [0.15, 0.2) is 0 Å². The van der Waals surface area contributed by atoms with Crippen LogP contribution in [0.3, 0.4) is 0 Å². The van der Waals surface area contributed by atoms with Gasteiger partial charge in [0.05, 0.1) is 19.1 Å². The van der Waals surface area contributed by atoms with E-state index in [1.165, 1.54) is 32.5 Å². The Morgan fingerprint density at radius 2 is 2.11 bits per heavy atom. The van der Waals surface area contributed by atoms with Gasteiger partial charge < -0.3 is 14.7 Å². The number of hydrogen-bond donors (Lipinski definition) is 1. The molecule has 3 heterocycles.